The second-order valence-electron chi connectivity index (χ2n) is 3.18. The third-order valence-corrected chi connectivity index (χ3v) is 2.09. The van der Waals surface area contributed by atoms with Crippen LogP contribution in [0.15, 0.2) is 46.3 Å². The van der Waals surface area contributed by atoms with E-state index in [9.17, 15) is 4.79 Å². The molecule has 0 saturated heterocycles. The van der Waals surface area contributed by atoms with Gasteiger partial charge in [0.2, 0.25) is 0 Å². The highest BCUT2D eigenvalue weighted by molar-refractivity contribution is 6.14. The molecule has 64 valence electrons. The fourth-order valence-corrected chi connectivity index (χ4v) is 1.44. The van der Waals surface area contributed by atoms with Crippen LogP contribution in [0.1, 0.15) is 13.3 Å². The van der Waals surface area contributed by atoms with Crippen LogP contribution in [0.4, 0.5) is 0 Å². The first-order valence-corrected chi connectivity index (χ1v) is 4.12. The maximum absolute atomic E-state index is 11.5. The molecule has 0 amide bonds. The van der Waals surface area contributed by atoms with E-state index in [1.54, 1.807) is 12.2 Å². The summed E-state index contributed by atoms with van der Waals surface area (Å²) in [6, 6.07) is 0. The van der Waals surface area contributed by atoms with Crippen molar-refractivity contribution in [1.82, 2.24) is 0 Å². The van der Waals surface area contributed by atoms with Gasteiger partial charge in [-0.2, -0.15) is 0 Å². The Hall–Kier alpha value is -1.66. The minimum Gasteiger partial charge on any atom is -0.289 e. The molecular formula is C11H9NO. The first-order valence-electron chi connectivity index (χ1n) is 4.12. The second kappa shape index (κ2) is 2.68. The Labute approximate surface area is 76.7 Å². The zero-order valence-corrected chi connectivity index (χ0v) is 7.42. The van der Waals surface area contributed by atoms with Crippen LogP contribution in [0.25, 0.3) is 0 Å². The molecule has 2 rings (SSSR count). The van der Waals surface area contributed by atoms with Crippen molar-refractivity contribution in [1.29, 1.82) is 0 Å². The van der Waals surface area contributed by atoms with E-state index in [-0.39, 0.29) is 5.78 Å². The van der Waals surface area contributed by atoms with Crippen molar-refractivity contribution in [3.05, 3.63) is 41.3 Å². The van der Waals surface area contributed by atoms with E-state index in [1.165, 1.54) is 0 Å². The average molecular weight is 171 g/mol. The molecule has 0 atom stereocenters. The Balaban J connectivity index is 2.57. The summed E-state index contributed by atoms with van der Waals surface area (Å²) >= 11 is 0. The zero-order valence-electron chi connectivity index (χ0n) is 7.42. The van der Waals surface area contributed by atoms with Crippen LogP contribution in [0.3, 0.4) is 0 Å². The molecule has 0 bridgehead atoms. The van der Waals surface area contributed by atoms with Crippen molar-refractivity contribution < 1.29 is 4.79 Å². The number of hydrogen-bond donors (Lipinski definition) is 0. The highest BCUT2D eigenvalue weighted by atomic mass is 16.1. The number of nitrogens with zero attached hydrogens (tertiary/aromatic N) is 1. The summed E-state index contributed by atoms with van der Waals surface area (Å²) in [7, 11) is 0. The normalized spacial score (nSPS) is 20.5. The summed E-state index contributed by atoms with van der Waals surface area (Å²) in [5.74, 6) is 0.00866. The van der Waals surface area contributed by atoms with Gasteiger partial charge in [-0.15, -0.1) is 5.73 Å². The Morgan fingerprint density at radius 2 is 2.31 bits per heavy atom. The topological polar surface area (TPSA) is 29.4 Å². The second-order valence-corrected chi connectivity index (χ2v) is 3.18. The zero-order chi connectivity index (χ0) is 9.42. The monoisotopic (exact) mass is 171 g/mol. The lowest BCUT2D eigenvalue weighted by Crippen LogP contribution is -1.94. The number of carbonyl (C=O) groups is 1. The van der Waals surface area contributed by atoms with Gasteiger partial charge in [0.15, 0.2) is 5.78 Å². The summed E-state index contributed by atoms with van der Waals surface area (Å²) < 4.78 is 0. The molecule has 0 aromatic heterocycles. The number of hydrogen-bond acceptors (Lipinski definition) is 2. The predicted octanol–water partition coefficient (Wildman–Crippen LogP) is 1.96. The molecule has 0 unspecified atom stereocenters. The van der Waals surface area contributed by atoms with E-state index in [0.29, 0.717) is 17.6 Å². The highest BCUT2D eigenvalue weighted by Gasteiger charge is 2.25. The Morgan fingerprint density at radius 1 is 1.54 bits per heavy atom. The van der Waals surface area contributed by atoms with Gasteiger partial charge < -0.3 is 0 Å². The molecule has 0 saturated carbocycles. The van der Waals surface area contributed by atoms with Gasteiger partial charge in [-0.1, -0.05) is 6.58 Å². The van der Waals surface area contributed by atoms with E-state index in [2.05, 4.69) is 17.3 Å². The molecule has 2 aliphatic rings. The number of carbonyl (C=O) groups excluding carboxylic acids is 1. The third-order valence-electron chi connectivity index (χ3n) is 2.09. The number of allylic oxidation sites excluding steroid dienone is 3. The van der Waals surface area contributed by atoms with Crippen molar-refractivity contribution >= 4 is 11.5 Å². The molecule has 2 nitrogen and oxygen atoms in total. The maximum atomic E-state index is 11.5. The Morgan fingerprint density at radius 3 is 3.08 bits per heavy atom. The molecular weight excluding hydrogens is 162 g/mol. The number of ketones is 1. The third kappa shape index (κ3) is 1.21. The SMILES string of the molecule is C=C1CC2=C(C=C=CC(C)=N2)C1=O. The summed E-state index contributed by atoms with van der Waals surface area (Å²) in [5, 5.41) is 0. The van der Waals surface area contributed by atoms with Crippen LogP contribution < -0.4 is 0 Å². The van der Waals surface area contributed by atoms with E-state index >= 15 is 0 Å². The smallest absolute Gasteiger partial charge is 0.191 e. The van der Waals surface area contributed by atoms with Gasteiger partial charge in [-0.25, -0.2) is 0 Å². The van der Waals surface area contributed by atoms with Crippen molar-refractivity contribution in [3.8, 4) is 0 Å². The molecule has 0 N–H and O–H groups in total. The van der Waals surface area contributed by atoms with Gasteiger partial charge in [0.25, 0.3) is 0 Å². The lowest BCUT2D eigenvalue weighted by atomic mass is 10.1. The predicted molar refractivity (Wildman–Crippen MR) is 51.6 cm³/mol. The summed E-state index contributed by atoms with van der Waals surface area (Å²) in [6.45, 7) is 5.59. The van der Waals surface area contributed by atoms with Gasteiger partial charge in [0, 0.05) is 18.2 Å². The first kappa shape index (κ1) is 7.96. The minimum absolute atomic E-state index is 0.00866. The number of aliphatic imine (C=N–C) groups is 1. The van der Waals surface area contributed by atoms with E-state index in [0.717, 1.165) is 11.4 Å². The fraction of sp³-hybridized carbons (Fsp3) is 0.182. The number of rotatable bonds is 0. The van der Waals surface area contributed by atoms with E-state index < -0.39 is 0 Å². The summed E-state index contributed by atoms with van der Waals surface area (Å²) in [6.07, 6.45) is 4.04. The molecule has 0 spiro atoms. The molecule has 0 aromatic rings. The molecule has 1 aliphatic heterocycles. The quantitative estimate of drug-likeness (QED) is 0.404. The van der Waals surface area contributed by atoms with Crippen LogP contribution in [-0.4, -0.2) is 11.5 Å². The van der Waals surface area contributed by atoms with Gasteiger partial charge >= 0.3 is 0 Å². The van der Waals surface area contributed by atoms with Crippen molar-refractivity contribution in [2.24, 2.45) is 4.99 Å². The lowest BCUT2D eigenvalue weighted by Gasteiger charge is -1.92. The molecule has 1 heterocycles. The highest BCUT2D eigenvalue weighted by Crippen LogP contribution is 2.29. The van der Waals surface area contributed by atoms with Crippen molar-refractivity contribution in [2.45, 2.75) is 13.3 Å². The Bertz CT molecular complexity index is 429. The summed E-state index contributed by atoms with van der Waals surface area (Å²) in [5.41, 5.74) is 5.90. The van der Waals surface area contributed by atoms with Gasteiger partial charge in [-0.05, 0) is 18.6 Å². The molecule has 0 aromatic carbocycles. The van der Waals surface area contributed by atoms with Crippen LogP contribution in [0, 0.1) is 0 Å². The van der Waals surface area contributed by atoms with E-state index in [4.69, 9.17) is 0 Å². The van der Waals surface area contributed by atoms with Crippen LogP contribution >= 0.6 is 0 Å². The largest absolute Gasteiger partial charge is 0.289 e. The van der Waals surface area contributed by atoms with Crippen molar-refractivity contribution in [2.75, 3.05) is 0 Å². The number of Topliss-reactive ketones (excluding diaryl/α,β-unsaturated/α-hetero) is 1. The van der Waals surface area contributed by atoms with Crippen LogP contribution in [0.5, 0.6) is 0 Å². The van der Waals surface area contributed by atoms with Gasteiger partial charge in [0.1, 0.15) is 0 Å². The average Bonchev–Trinajstić information content (AvgIpc) is 2.28. The van der Waals surface area contributed by atoms with Crippen molar-refractivity contribution in [3.63, 3.8) is 0 Å². The summed E-state index contributed by atoms with van der Waals surface area (Å²) in [4.78, 5) is 15.8. The molecule has 2 heteroatoms. The van der Waals surface area contributed by atoms with E-state index in [1.807, 2.05) is 6.92 Å². The minimum atomic E-state index is 0.00866. The Kier molecular flexibility index (Phi) is 1.64. The standard InChI is InChI=1S/C11H9NO/c1-7-6-10-9(11(7)13)5-3-4-8(2)12-10/h4-5H,1,6H2,2H3. The molecule has 0 radical (unpaired) electrons. The molecule has 0 fully saturated rings. The van der Waals surface area contributed by atoms with Gasteiger partial charge in [0.05, 0.1) is 11.3 Å². The van der Waals surface area contributed by atoms with Crippen LogP contribution in [-0.2, 0) is 4.79 Å². The molecule has 1 aliphatic carbocycles. The fourth-order valence-electron chi connectivity index (χ4n) is 1.44. The molecule has 13 heavy (non-hydrogen) atoms. The maximum Gasteiger partial charge on any atom is 0.191 e. The van der Waals surface area contributed by atoms with Crippen LogP contribution in [0.2, 0.25) is 0 Å². The first-order chi connectivity index (χ1) is 6.18. The van der Waals surface area contributed by atoms with Gasteiger partial charge in [-0.3, -0.25) is 9.79 Å². The lowest BCUT2D eigenvalue weighted by molar-refractivity contribution is -0.111.